The highest BCUT2D eigenvalue weighted by molar-refractivity contribution is 14.0. The molecule has 0 bridgehead atoms. The Morgan fingerprint density at radius 1 is 1.24 bits per heavy atom. The van der Waals surface area contributed by atoms with Crippen molar-refractivity contribution < 1.29 is 14.3 Å². The third-order valence-corrected chi connectivity index (χ3v) is 3.79. The standard InChI is InChI=1S/C17H34N4O3.HI/c1-6-23-12-9-19-15(18-5)20-13-14-7-10-21(11-8-14)16(22)24-17(2,3)4;/h14H,6-13H2,1-5H3,(H2,18,19,20);1H. The van der Waals surface area contributed by atoms with Gasteiger partial charge in [-0.1, -0.05) is 0 Å². The Hall–Kier alpha value is -0.770. The summed E-state index contributed by atoms with van der Waals surface area (Å²) in [5.41, 5.74) is -0.435. The maximum atomic E-state index is 12.1. The van der Waals surface area contributed by atoms with Crippen LogP contribution in [0.4, 0.5) is 4.79 Å². The lowest BCUT2D eigenvalue weighted by molar-refractivity contribution is 0.0185. The Balaban J connectivity index is 0.00000576. The van der Waals surface area contributed by atoms with Gasteiger partial charge in [-0.25, -0.2) is 4.79 Å². The fourth-order valence-corrected chi connectivity index (χ4v) is 2.49. The van der Waals surface area contributed by atoms with E-state index >= 15 is 0 Å². The summed E-state index contributed by atoms with van der Waals surface area (Å²) < 4.78 is 10.7. The van der Waals surface area contributed by atoms with E-state index in [4.69, 9.17) is 9.47 Å². The van der Waals surface area contributed by atoms with Gasteiger partial charge in [0.05, 0.1) is 6.61 Å². The lowest BCUT2D eigenvalue weighted by atomic mass is 9.97. The van der Waals surface area contributed by atoms with Gasteiger partial charge in [-0.2, -0.15) is 0 Å². The van der Waals surface area contributed by atoms with Crippen molar-refractivity contribution in [1.82, 2.24) is 15.5 Å². The molecule has 0 unspecified atom stereocenters. The van der Waals surface area contributed by atoms with Gasteiger partial charge in [-0.05, 0) is 46.5 Å². The molecule has 0 aromatic rings. The Bertz CT molecular complexity index is 405. The number of rotatable bonds is 6. The number of guanidine groups is 1. The molecule has 1 saturated heterocycles. The summed E-state index contributed by atoms with van der Waals surface area (Å²) in [5.74, 6) is 1.33. The van der Waals surface area contributed by atoms with E-state index in [1.165, 1.54) is 0 Å². The Morgan fingerprint density at radius 3 is 2.40 bits per heavy atom. The number of likely N-dealkylation sites (tertiary alicyclic amines) is 1. The second-order valence-corrected chi connectivity index (χ2v) is 6.99. The van der Waals surface area contributed by atoms with Crippen LogP contribution in [0.25, 0.3) is 0 Å². The molecule has 1 rings (SSSR count). The van der Waals surface area contributed by atoms with Crippen LogP contribution >= 0.6 is 24.0 Å². The van der Waals surface area contributed by atoms with Crippen LogP contribution in [0.15, 0.2) is 4.99 Å². The van der Waals surface area contributed by atoms with Gasteiger partial charge in [0, 0.05) is 39.8 Å². The number of halogens is 1. The fraction of sp³-hybridized carbons (Fsp3) is 0.882. The quantitative estimate of drug-likeness (QED) is 0.270. The number of ether oxygens (including phenoxy) is 2. The number of amides is 1. The molecule has 148 valence electrons. The average Bonchev–Trinajstić information content (AvgIpc) is 2.53. The molecular weight excluding hydrogens is 435 g/mol. The van der Waals surface area contributed by atoms with Gasteiger partial charge in [-0.3, -0.25) is 4.99 Å². The smallest absolute Gasteiger partial charge is 0.410 e. The highest BCUT2D eigenvalue weighted by Gasteiger charge is 2.26. The molecule has 2 N–H and O–H groups in total. The summed E-state index contributed by atoms with van der Waals surface area (Å²) in [5, 5.41) is 6.57. The van der Waals surface area contributed by atoms with Gasteiger partial charge in [0.15, 0.2) is 5.96 Å². The number of carbonyl (C=O) groups excluding carboxylic acids is 1. The van der Waals surface area contributed by atoms with E-state index in [2.05, 4.69) is 15.6 Å². The number of piperidine rings is 1. The van der Waals surface area contributed by atoms with E-state index in [-0.39, 0.29) is 30.1 Å². The molecule has 1 heterocycles. The van der Waals surface area contributed by atoms with Crippen LogP contribution in [0.3, 0.4) is 0 Å². The highest BCUT2D eigenvalue weighted by atomic mass is 127. The van der Waals surface area contributed by atoms with E-state index in [1.807, 2.05) is 27.7 Å². The van der Waals surface area contributed by atoms with Crippen molar-refractivity contribution in [1.29, 1.82) is 0 Å². The van der Waals surface area contributed by atoms with Crippen molar-refractivity contribution in [3.8, 4) is 0 Å². The fourth-order valence-electron chi connectivity index (χ4n) is 2.49. The minimum absolute atomic E-state index is 0. The van der Waals surface area contributed by atoms with Crippen LogP contribution in [-0.2, 0) is 9.47 Å². The molecule has 8 heteroatoms. The molecule has 0 spiro atoms. The van der Waals surface area contributed by atoms with Crippen molar-refractivity contribution in [3.05, 3.63) is 0 Å². The lowest BCUT2D eigenvalue weighted by Gasteiger charge is -2.33. The molecule has 7 nitrogen and oxygen atoms in total. The second kappa shape index (κ2) is 12.6. The summed E-state index contributed by atoms with van der Waals surface area (Å²) in [6.07, 6.45) is 1.74. The molecule has 0 atom stereocenters. The third-order valence-electron chi connectivity index (χ3n) is 3.79. The summed E-state index contributed by atoms with van der Waals surface area (Å²) in [4.78, 5) is 18.1. The van der Waals surface area contributed by atoms with Crippen LogP contribution in [-0.4, -0.2) is 69.0 Å². The van der Waals surface area contributed by atoms with E-state index in [1.54, 1.807) is 11.9 Å². The predicted molar refractivity (Wildman–Crippen MR) is 112 cm³/mol. The Labute approximate surface area is 169 Å². The molecule has 0 radical (unpaired) electrons. The first-order chi connectivity index (χ1) is 11.4. The summed E-state index contributed by atoms with van der Waals surface area (Å²) >= 11 is 0. The Morgan fingerprint density at radius 2 is 1.88 bits per heavy atom. The topological polar surface area (TPSA) is 75.2 Å². The van der Waals surface area contributed by atoms with E-state index < -0.39 is 5.60 Å². The number of nitrogens with one attached hydrogen (secondary N) is 2. The van der Waals surface area contributed by atoms with Gasteiger partial charge >= 0.3 is 6.09 Å². The third kappa shape index (κ3) is 10.7. The number of hydrogen-bond acceptors (Lipinski definition) is 4. The van der Waals surface area contributed by atoms with Crippen molar-refractivity contribution in [2.24, 2.45) is 10.9 Å². The molecule has 25 heavy (non-hydrogen) atoms. The van der Waals surface area contributed by atoms with Crippen molar-refractivity contribution in [2.75, 3.05) is 46.4 Å². The summed E-state index contributed by atoms with van der Waals surface area (Å²) in [7, 11) is 1.77. The molecule has 0 saturated carbocycles. The predicted octanol–water partition coefficient (Wildman–Crippen LogP) is 2.45. The molecule has 1 fully saturated rings. The van der Waals surface area contributed by atoms with Crippen LogP contribution in [0.2, 0.25) is 0 Å². The van der Waals surface area contributed by atoms with Crippen LogP contribution in [0.1, 0.15) is 40.5 Å². The van der Waals surface area contributed by atoms with Crippen molar-refractivity contribution >= 4 is 36.0 Å². The normalized spacial score (nSPS) is 16.2. The molecule has 0 aliphatic carbocycles. The zero-order valence-corrected chi connectivity index (χ0v) is 18.6. The molecule has 0 aromatic heterocycles. The van der Waals surface area contributed by atoms with E-state index in [0.29, 0.717) is 12.5 Å². The minimum atomic E-state index is -0.435. The molecule has 0 aromatic carbocycles. The molecular formula is C17H35IN4O3. The monoisotopic (exact) mass is 470 g/mol. The zero-order valence-electron chi connectivity index (χ0n) is 16.3. The zero-order chi connectivity index (χ0) is 18.0. The average molecular weight is 470 g/mol. The lowest BCUT2D eigenvalue weighted by Crippen LogP contribution is -2.45. The first kappa shape index (κ1) is 24.2. The van der Waals surface area contributed by atoms with Crippen LogP contribution in [0.5, 0.6) is 0 Å². The first-order valence-electron chi connectivity index (χ1n) is 8.86. The number of nitrogens with zero attached hydrogens (tertiary/aromatic N) is 2. The highest BCUT2D eigenvalue weighted by Crippen LogP contribution is 2.19. The maximum Gasteiger partial charge on any atom is 0.410 e. The van der Waals surface area contributed by atoms with Crippen molar-refractivity contribution in [3.63, 3.8) is 0 Å². The van der Waals surface area contributed by atoms with Gasteiger partial charge in [0.25, 0.3) is 0 Å². The number of hydrogen-bond donors (Lipinski definition) is 2. The number of aliphatic imine (C=N–C) groups is 1. The molecule has 1 amide bonds. The molecule has 1 aliphatic heterocycles. The van der Waals surface area contributed by atoms with Gasteiger partial charge < -0.3 is 25.0 Å². The molecule has 1 aliphatic rings. The summed E-state index contributed by atoms with van der Waals surface area (Å²) in [6.45, 7) is 12.2. The van der Waals surface area contributed by atoms with Crippen LogP contribution in [0, 0.1) is 5.92 Å². The van der Waals surface area contributed by atoms with Gasteiger partial charge in [-0.15, -0.1) is 24.0 Å². The number of carbonyl (C=O) groups is 1. The maximum absolute atomic E-state index is 12.1. The van der Waals surface area contributed by atoms with E-state index in [9.17, 15) is 4.79 Å². The second-order valence-electron chi connectivity index (χ2n) is 6.99. The Kier molecular flexibility index (Phi) is 12.2. The summed E-state index contributed by atoms with van der Waals surface area (Å²) in [6, 6.07) is 0. The first-order valence-corrected chi connectivity index (χ1v) is 8.86. The SMILES string of the molecule is CCOCCNC(=NC)NCC1CCN(C(=O)OC(C)(C)C)CC1.I. The largest absolute Gasteiger partial charge is 0.444 e. The van der Waals surface area contributed by atoms with E-state index in [0.717, 1.165) is 51.6 Å². The van der Waals surface area contributed by atoms with Gasteiger partial charge in [0.2, 0.25) is 0 Å². The van der Waals surface area contributed by atoms with Gasteiger partial charge in [0.1, 0.15) is 5.60 Å². The van der Waals surface area contributed by atoms with Crippen molar-refractivity contribution in [2.45, 2.75) is 46.1 Å². The minimum Gasteiger partial charge on any atom is -0.444 e. The van der Waals surface area contributed by atoms with Crippen LogP contribution < -0.4 is 10.6 Å².